The van der Waals surface area contributed by atoms with Crippen molar-refractivity contribution in [3.8, 4) is 11.4 Å². The molecule has 0 aliphatic heterocycles. The van der Waals surface area contributed by atoms with Crippen LogP contribution in [0.5, 0.6) is 5.75 Å². The van der Waals surface area contributed by atoms with E-state index < -0.39 is 0 Å². The zero-order valence-electron chi connectivity index (χ0n) is 8.73. The predicted molar refractivity (Wildman–Crippen MR) is 60.1 cm³/mol. The van der Waals surface area contributed by atoms with E-state index in [-0.39, 0.29) is 11.3 Å². The van der Waals surface area contributed by atoms with Crippen LogP contribution in [0.1, 0.15) is 17.7 Å². The molecular formula is C12H12N2O2. The summed E-state index contributed by atoms with van der Waals surface area (Å²) in [4.78, 5) is 12.0. The minimum absolute atomic E-state index is 0.0121. The van der Waals surface area contributed by atoms with Crippen LogP contribution in [-0.4, -0.2) is 14.9 Å². The third-order valence-electron chi connectivity index (χ3n) is 3.01. The molecule has 0 fully saturated rings. The molecule has 0 bridgehead atoms. The number of hydrogen-bond acceptors (Lipinski definition) is 2. The molecule has 16 heavy (non-hydrogen) atoms. The monoisotopic (exact) mass is 216 g/mol. The topological polar surface area (TPSA) is 58.0 Å². The van der Waals surface area contributed by atoms with Gasteiger partial charge in [0.1, 0.15) is 5.75 Å². The number of aromatic amines is 1. The maximum Gasteiger partial charge on any atom is 0.274 e. The van der Waals surface area contributed by atoms with E-state index in [1.165, 1.54) is 4.68 Å². The van der Waals surface area contributed by atoms with Gasteiger partial charge in [0.05, 0.1) is 5.69 Å². The number of hydrogen-bond donors (Lipinski definition) is 2. The van der Waals surface area contributed by atoms with E-state index in [0.717, 1.165) is 30.5 Å². The fourth-order valence-electron chi connectivity index (χ4n) is 2.24. The van der Waals surface area contributed by atoms with Crippen molar-refractivity contribution >= 4 is 0 Å². The zero-order valence-corrected chi connectivity index (χ0v) is 8.73. The fourth-order valence-corrected chi connectivity index (χ4v) is 2.24. The Labute approximate surface area is 92.1 Å². The molecule has 4 nitrogen and oxygen atoms in total. The second-order valence-electron chi connectivity index (χ2n) is 4.08. The number of benzene rings is 1. The van der Waals surface area contributed by atoms with Gasteiger partial charge in [-0.2, -0.15) is 0 Å². The van der Waals surface area contributed by atoms with E-state index in [0.29, 0.717) is 5.69 Å². The Kier molecular flexibility index (Phi) is 1.89. The Balaban J connectivity index is 2.18. The molecule has 1 aliphatic rings. The molecule has 1 heterocycles. The summed E-state index contributed by atoms with van der Waals surface area (Å²) >= 11 is 0. The Bertz CT molecular complexity index is 595. The summed E-state index contributed by atoms with van der Waals surface area (Å²) in [5, 5.41) is 12.5. The maximum atomic E-state index is 12.0. The molecule has 1 aliphatic carbocycles. The van der Waals surface area contributed by atoms with Crippen LogP contribution >= 0.6 is 0 Å². The van der Waals surface area contributed by atoms with Gasteiger partial charge in [0.2, 0.25) is 0 Å². The minimum Gasteiger partial charge on any atom is -0.508 e. The largest absolute Gasteiger partial charge is 0.508 e. The summed E-state index contributed by atoms with van der Waals surface area (Å²) in [6.07, 6.45) is 2.85. The molecule has 3 rings (SSSR count). The molecular weight excluding hydrogens is 204 g/mol. The first-order chi connectivity index (χ1) is 7.75. The number of fused-ring (bicyclic) bond motifs is 1. The van der Waals surface area contributed by atoms with Crippen molar-refractivity contribution in [2.45, 2.75) is 19.3 Å². The lowest BCUT2D eigenvalue weighted by Crippen LogP contribution is -2.17. The summed E-state index contributed by atoms with van der Waals surface area (Å²) in [6, 6.07) is 6.69. The van der Waals surface area contributed by atoms with Gasteiger partial charge < -0.3 is 5.11 Å². The SMILES string of the molecule is O=c1c2c([nH]n1-c1cccc(O)c1)CCC2. The lowest BCUT2D eigenvalue weighted by Gasteiger charge is -2.02. The number of phenolic OH excluding ortho intramolecular Hbond substituents is 1. The normalized spacial score (nSPS) is 14.0. The summed E-state index contributed by atoms with van der Waals surface area (Å²) in [5.74, 6) is 0.166. The van der Waals surface area contributed by atoms with Gasteiger partial charge in [0.15, 0.2) is 0 Å². The molecule has 0 saturated heterocycles. The molecule has 82 valence electrons. The van der Waals surface area contributed by atoms with Crippen LogP contribution in [-0.2, 0) is 12.8 Å². The van der Waals surface area contributed by atoms with E-state index in [1.54, 1.807) is 24.3 Å². The van der Waals surface area contributed by atoms with E-state index in [1.807, 2.05) is 0 Å². The van der Waals surface area contributed by atoms with Gasteiger partial charge in [-0.05, 0) is 31.4 Å². The van der Waals surface area contributed by atoms with Crippen LogP contribution in [0.25, 0.3) is 5.69 Å². The number of aryl methyl sites for hydroxylation is 1. The van der Waals surface area contributed by atoms with Crippen LogP contribution in [0.15, 0.2) is 29.1 Å². The average molecular weight is 216 g/mol. The van der Waals surface area contributed by atoms with Crippen LogP contribution in [0.2, 0.25) is 0 Å². The predicted octanol–water partition coefficient (Wildman–Crippen LogP) is 1.36. The highest BCUT2D eigenvalue weighted by Crippen LogP contribution is 2.19. The van der Waals surface area contributed by atoms with Gasteiger partial charge in [-0.15, -0.1) is 0 Å². The lowest BCUT2D eigenvalue weighted by molar-refractivity contribution is 0.474. The molecule has 1 aromatic carbocycles. The Hall–Kier alpha value is -1.97. The second kappa shape index (κ2) is 3.27. The third-order valence-corrected chi connectivity index (χ3v) is 3.01. The second-order valence-corrected chi connectivity index (χ2v) is 4.08. The minimum atomic E-state index is 0.0121. The van der Waals surface area contributed by atoms with Crippen molar-refractivity contribution in [2.75, 3.05) is 0 Å². The van der Waals surface area contributed by atoms with E-state index in [4.69, 9.17) is 0 Å². The number of phenols is 1. The van der Waals surface area contributed by atoms with Gasteiger partial charge in [0, 0.05) is 17.3 Å². The number of nitrogens with one attached hydrogen (secondary N) is 1. The van der Waals surface area contributed by atoms with Gasteiger partial charge in [0.25, 0.3) is 5.56 Å². The Morgan fingerprint density at radius 3 is 2.94 bits per heavy atom. The summed E-state index contributed by atoms with van der Waals surface area (Å²) in [6.45, 7) is 0. The first-order valence-electron chi connectivity index (χ1n) is 5.38. The maximum absolute atomic E-state index is 12.0. The number of aromatic hydroxyl groups is 1. The summed E-state index contributed by atoms with van der Waals surface area (Å²) < 4.78 is 1.50. The lowest BCUT2D eigenvalue weighted by atomic mass is 10.3. The van der Waals surface area contributed by atoms with Crippen LogP contribution < -0.4 is 5.56 Å². The molecule has 0 atom stereocenters. The van der Waals surface area contributed by atoms with Gasteiger partial charge in [-0.1, -0.05) is 6.07 Å². The molecule has 2 aromatic rings. The molecule has 0 radical (unpaired) electrons. The third kappa shape index (κ3) is 1.26. The van der Waals surface area contributed by atoms with Crippen LogP contribution in [0.3, 0.4) is 0 Å². The summed E-state index contributed by atoms with van der Waals surface area (Å²) in [5.41, 5.74) is 2.62. The van der Waals surface area contributed by atoms with Crippen LogP contribution in [0, 0.1) is 0 Å². The molecule has 2 N–H and O–H groups in total. The highest BCUT2D eigenvalue weighted by Gasteiger charge is 2.19. The molecule has 0 amide bonds. The highest BCUT2D eigenvalue weighted by molar-refractivity contribution is 5.39. The van der Waals surface area contributed by atoms with E-state index in [2.05, 4.69) is 5.10 Å². The standard InChI is InChI=1S/C12H12N2O2/c15-9-4-1-3-8(7-9)14-12(16)10-5-2-6-11(10)13-14/h1,3-4,7,13,15H,2,5-6H2. The van der Waals surface area contributed by atoms with Crippen molar-refractivity contribution < 1.29 is 5.11 Å². The van der Waals surface area contributed by atoms with Crippen molar-refractivity contribution in [1.29, 1.82) is 0 Å². The van der Waals surface area contributed by atoms with E-state index >= 15 is 0 Å². The number of nitrogens with zero attached hydrogens (tertiary/aromatic N) is 1. The molecule has 0 saturated carbocycles. The molecule has 0 unspecified atom stereocenters. The quantitative estimate of drug-likeness (QED) is 0.756. The molecule has 0 spiro atoms. The van der Waals surface area contributed by atoms with Gasteiger partial charge >= 0.3 is 0 Å². The van der Waals surface area contributed by atoms with Crippen molar-refractivity contribution in [1.82, 2.24) is 9.78 Å². The first-order valence-corrected chi connectivity index (χ1v) is 5.38. The molecule has 1 aromatic heterocycles. The smallest absolute Gasteiger partial charge is 0.274 e. The number of aromatic nitrogens is 2. The number of rotatable bonds is 1. The number of H-pyrrole nitrogens is 1. The van der Waals surface area contributed by atoms with E-state index in [9.17, 15) is 9.90 Å². The fraction of sp³-hybridized carbons (Fsp3) is 0.250. The Morgan fingerprint density at radius 2 is 2.19 bits per heavy atom. The average Bonchev–Trinajstić information content (AvgIpc) is 2.82. The zero-order chi connectivity index (χ0) is 11.1. The van der Waals surface area contributed by atoms with Crippen molar-refractivity contribution in [3.05, 3.63) is 45.9 Å². The van der Waals surface area contributed by atoms with Crippen molar-refractivity contribution in [3.63, 3.8) is 0 Å². The van der Waals surface area contributed by atoms with Crippen molar-refractivity contribution in [2.24, 2.45) is 0 Å². The molecule has 4 heteroatoms. The first kappa shape index (κ1) is 9.27. The Morgan fingerprint density at radius 1 is 1.31 bits per heavy atom. The van der Waals surface area contributed by atoms with Gasteiger partial charge in [-0.25, -0.2) is 4.68 Å². The summed E-state index contributed by atoms with van der Waals surface area (Å²) in [7, 11) is 0. The van der Waals surface area contributed by atoms with Crippen LogP contribution in [0.4, 0.5) is 0 Å². The highest BCUT2D eigenvalue weighted by atomic mass is 16.3. The van der Waals surface area contributed by atoms with Gasteiger partial charge in [-0.3, -0.25) is 9.89 Å².